The monoisotopic (exact) mass is 985 g/mol. The molecule has 4 heterocycles. The van der Waals surface area contributed by atoms with E-state index in [1.807, 2.05) is 22.9 Å². The van der Waals surface area contributed by atoms with Gasteiger partial charge in [0, 0.05) is 93.1 Å². The van der Waals surface area contributed by atoms with E-state index < -0.39 is 55.4 Å². The number of halogens is 2. The molecule has 0 spiro atoms. The Kier molecular flexibility index (Phi) is 14.0. The van der Waals surface area contributed by atoms with Crippen LogP contribution >= 0.6 is 11.6 Å². The Morgan fingerprint density at radius 3 is 2.36 bits per heavy atom. The number of nitrogens with one attached hydrogen (secondary N) is 2. The molecule has 8 rings (SSSR count). The third-order valence-corrected chi connectivity index (χ3v) is 14.4. The van der Waals surface area contributed by atoms with Gasteiger partial charge in [0.1, 0.15) is 35.0 Å². The van der Waals surface area contributed by atoms with Gasteiger partial charge in [-0.1, -0.05) is 43.2 Å². The average Bonchev–Trinajstić information content (AvgIpc) is 3.77. The number of piperazine rings is 1. The van der Waals surface area contributed by atoms with Crippen LogP contribution in [0.5, 0.6) is 17.2 Å². The topological polar surface area (TPSA) is 190 Å². The van der Waals surface area contributed by atoms with Gasteiger partial charge in [0.05, 0.1) is 21.6 Å². The van der Waals surface area contributed by atoms with Crippen molar-refractivity contribution in [3.05, 3.63) is 117 Å². The summed E-state index contributed by atoms with van der Waals surface area (Å²) in [5.41, 5.74) is 2.11. The first-order chi connectivity index (χ1) is 32.6. The van der Waals surface area contributed by atoms with E-state index in [-0.39, 0.29) is 48.4 Å². The van der Waals surface area contributed by atoms with Crippen LogP contribution in [-0.4, -0.2) is 109 Å². The highest BCUT2D eigenvalue weighted by Gasteiger charge is 2.39. The number of ether oxygens (including phenoxy) is 3. The fourth-order valence-corrected chi connectivity index (χ4v) is 10.0. The molecule has 2 amide bonds. The standard InChI is InChI=1S/C50H57ClFN7O9S/c1-48(2,3)68-47(61)58-20-17-50(52,18-21-58)32-66-43-13-11-39(28-42(43)59(62)63)69(64,65)55-46(60)40-12-10-37(27-44(40)67-38-26-34-15-19-53-45(34)54-30-38)57-24-22-56(23-25-57)31-35-14-16-49(4,5)29-41(35)33-6-8-36(51)9-7-33/h6-13,15,19,26-28,30H,14,16-18,20-25,29,31-32H2,1-5H3,(H,53,54)(H,55,60). The molecule has 2 fully saturated rings. The Labute approximate surface area is 406 Å². The number of fused-ring (bicyclic) bond motifs is 1. The summed E-state index contributed by atoms with van der Waals surface area (Å²) in [7, 11) is -4.73. The van der Waals surface area contributed by atoms with Gasteiger partial charge < -0.3 is 29.0 Å². The molecule has 0 saturated carbocycles. The molecule has 3 aromatic carbocycles. The summed E-state index contributed by atoms with van der Waals surface area (Å²) in [4.78, 5) is 50.7. The van der Waals surface area contributed by atoms with Crippen molar-refractivity contribution in [2.45, 2.75) is 82.9 Å². The van der Waals surface area contributed by atoms with Gasteiger partial charge in [0.25, 0.3) is 15.9 Å². The maximum absolute atomic E-state index is 15.8. The van der Waals surface area contributed by atoms with Crippen molar-refractivity contribution in [1.29, 1.82) is 0 Å². The maximum Gasteiger partial charge on any atom is 0.410 e. The Morgan fingerprint density at radius 2 is 1.67 bits per heavy atom. The lowest BCUT2D eigenvalue weighted by atomic mass is 9.72. The number of aromatic nitrogens is 2. The molecule has 2 aromatic heterocycles. The van der Waals surface area contributed by atoms with Crippen LogP contribution in [0.1, 0.15) is 82.6 Å². The first-order valence-electron chi connectivity index (χ1n) is 23.0. The number of carbonyl (C=O) groups is 2. The number of likely N-dealkylation sites (tertiary alicyclic amines) is 1. The summed E-state index contributed by atoms with van der Waals surface area (Å²) in [5, 5.41) is 13.7. The minimum absolute atomic E-state index is 0.0461. The Balaban J connectivity index is 0.969. The largest absolute Gasteiger partial charge is 0.483 e. The normalized spacial score (nSPS) is 17.7. The number of nitrogens with zero attached hydrogens (tertiary/aromatic N) is 5. The quantitative estimate of drug-likeness (QED) is 0.0840. The Bertz CT molecular complexity index is 2890. The number of carbonyl (C=O) groups excluding carboxylic acids is 2. The molecule has 0 atom stereocenters. The average molecular weight is 987 g/mol. The molecule has 1 aliphatic carbocycles. The maximum atomic E-state index is 15.8. The van der Waals surface area contributed by atoms with Gasteiger partial charge in [0.2, 0.25) is 0 Å². The number of rotatable bonds is 13. The summed E-state index contributed by atoms with van der Waals surface area (Å²) in [6.07, 6.45) is 5.56. The second-order valence-electron chi connectivity index (χ2n) is 19.8. The van der Waals surface area contributed by atoms with Crippen LogP contribution in [0.2, 0.25) is 5.02 Å². The van der Waals surface area contributed by atoms with Gasteiger partial charge in [-0.05, 0) is 105 Å². The first-order valence-corrected chi connectivity index (χ1v) is 24.8. The second-order valence-corrected chi connectivity index (χ2v) is 21.9. The van der Waals surface area contributed by atoms with Gasteiger partial charge in [-0.25, -0.2) is 27.3 Å². The summed E-state index contributed by atoms with van der Waals surface area (Å²) in [6.45, 7) is 13.1. The van der Waals surface area contributed by atoms with Crippen molar-refractivity contribution in [3.63, 3.8) is 0 Å². The van der Waals surface area contributed by atoms with E-state index in [1.165, 1.54) is 33.9 Å². The van der Waals surface area contributed by atoms with Crippen molar-refractivity contribution in [3.8, 4) is 17.2 Å². The molecule has 2 aliphatic heterocycles. The van der Waals surface area contributed by atoms with Crippen molar-refractivity contribution < 1.29 is 41.5 Å². The van der Waals surface area contributed by atoms with Crippen molar-refractivity contribution >= 4 is 61.6 Å². The first kappa shape index (κ1) is 49.2. The zero-order chi connectivity index (χ0) is 49.3. The number of allylic oxidation sites excluding steroid dienone is 1. The molecular weight excluding hydrogens is 929 g/mol. The number of amides is 2. The number of aromatic amines is 1. The third-order valence-electron chi connectivity index (χ3n) is 12.8. The predicted octanol–water partition coefficient (Wildman–Crippen LogP) is 9.94. The molecular formula is C50H57ClFN7O9S. The van der Waals surface area contributed by atoms with Crippen LogP contribution in [0.4, 0.5) is 20.6 Å². The molecule has 19 heteroatoms. The lowest BCUT2D eigenvalue weighted by Crippen LogP contribution is -2.48. The molecule has 3 aliphatic rings. The molecule has 16 nitrogen and oxygen atoms in total. The van der Waals surface area contributed by atoms with Crippen molar-refractivity contribution in [2.24, 2.45) is 5.41 Å². The number of anilines is 1. The number of benzene rings is 3. The van der Waals surface area contributed by atoms with Crippen molar-refractivity contribution in [2.75, 3.05) is 57.3 Å². The molecule has 2 saturated heterocycles. The molecule has 0 radical (unpaired) electrons. The number of H-pyrrole nitrogens is 1. The minimum Gasteiger partial charge on any atom is -0.483 e. The zero-order valence-corrected chi connectivity index (χ0v) is 40.9. The van der Waals surface area contributed by atoms with E-state index in [0.717, 1.165) is 68.2 Å². The van der Waals surface area contributed by atoms with Crippen LogP contribution in [0, 0.1) is 15.5 Å². The number of alkyl halides is 1. The molecule has 0 unspecified atom stereocenters. The number of piperidine rings is 1. The van der Waals surface area contributed by atoms with Crippen LogP contribution in [-0.2, 0) is 14.8 Å². The predicted molar refractivity (Wildman–Crippen MR) is 261 cm³/mol. The van der Waals surface area contributed by atoms with E-state index >= 15 is 4.39 Å². The number of hydrogen-bond donors (Lipinski definition) is 2. The summed E-state index contributed by atoms with van der Waals surface area (Å²) >= 11 is 6.24. The minimum atomic E-state index is -4.73. The van der Waals surface area contributed by atoms with Crippen LogP contribution in [0.3, 0.4) is 0 Å². The van der Waals surface area contributed by atoms with Gasteiger partial charge >= 0.3 is 11.8 Å². The lowest BCUT2D eigenvalue weighted by Gasteiger charge is -2.39. The number of nitro benzene ring substituents is 1. The van der Waals surface area contributed by atoms with Gasteiger partial charge in [0.15, 0.2) is 5.75 Å². The van der Waals surface area contributed by atoms with Crippen LogP contribution in [0.25, 0.3) is 16.6 Å². The van der Waals surface area contributed by atoms with Gasteiger partial charge in [-0.2, -0.15) is 0 Å². The number of sulfonamides is 1. The van der Waals surface area contributed by atoms with Crippen LogP contribution < -0.4 is 19.1 Å². The summed E-state index contributed by atoms with van der Waals surface area (Å²) in [5.74, 6) is -1.04. The summed E-state index contributed by atoms with van der Waals surface area (Å²) in [6, 6.07) is 19.4. The van der Waals surface area contributed by atoms with E-state index in [1.54, 1.807) is 45.2 Å². The van der Waals surface area contributed by atoms with Gasteiger partial charge in [-0.3, -0.25) is 19.8 Å². The van der Waals surface area contributed by atoms with E-state index in [2.05, 4.69) is 45.7 Å². The number of hydrogen-bond acceptors (Lipinski definition) is 12. The zero-order valence-electron chi connectivity index (χ0n) is 39.3. The highest BCUT2D eigenvalue weighted by molar-refractivity contribution is 7.90. The highest BCUT2D eigenvalue weighted by atomic mass is 35.5. The van der Waals surface area contributed by atoms with E-state index in [9.17, 15) is 28.1 Å². The van der Waals surface area contributed by atoms with Crippen molar-refractivity contribution in [1.82, 2.24) is 24.5 Å². The fraction of sp³-hybridized carbons (Fsp3) is 0.420. The Morgan fingerprint density at radius 1 is 0.942 bits per heavy atom. The Hall–Kier alpha value is -6.24. The third kappa shape index (κ3) is 12.0. The SMILES string of the molecule is CC1(C)CCC(CN2CCN(c3ccc(C(=O)NS(=O)(=O)c4ccc(OCC5(F)CCN(C(=O)OC(C)(C)C)CC5)c([N+](=O)[O-])c4)c(Oc4cnc5[nH]ccc5c4)c3)CC2)=C(c2ccc(Cl)cc2)C1. The van der Waals surface area contributed by atoms with Gasteiger partial charge in [-0.15, -0.1) is 0 Å². The molecule has 366 valence electrons. The number of pyridine rings is 1. The molecule has 2 N–H and O–H groups in total. The second kappa shape index (κ2) is 19.6. The molecule has 0 bridgehead atoms. The highest BCUT2D eigenvalue weighted by Crippen LogP contribution is 2.44. The molecule has 5 aromatic rings. The van der Waals surface area contributed by atoms with E-state index in [4.69, 9.17) is 25.8 Å². The number of nitro groups is 1. The van der Waals surface area contributed by atoms with E-state index in [0.29, 0.717) is 29.5 Å². The smallest absolute Gasteiger partial charge is 0.410 e. The van der Waals surface area contributed by atoms with Crippen LogP contribution in [0.15, 0.2) is 95.7 Å². The fourth-order valence-electron chi connectivity index (χ4n) is 8.91. The lowest BCUT2D eigenvalue weighted by molar-refractivity contribution is -0.386. The molecule has 69 heavy (non-hydrogen) atoms. The summed E-state index contributed by atoms with van der Waals surface area (Å²) < 4.78 is 62.7.